The molecular formula is C9H11ClN2O. The SMILES string of the molecule is Clc1nc(C2CC3CCC2C3)no1. The van der Waals surface area contributed by atoms with Crippen LogP contribution in [0.2, 0.25) is 5.35 Å². The Bertz CT molecular complexity index is 325. The van der Waals surface area contributed by atoms with Crippen LogP contribution in [0.1, 0.15) is 37.4 Å². The standard InChI is InChI=1S/C9H11ClN2O/c10-9-11-8(12-13-9)7-4-5-1-2-6(7)3-5/h5-7H,1-4H2. The minimum Gasteiger partial charge on any atom is -0.321 e. The first kappa shape index (κ1) is 7.80. The highest BCUT2D eigenvalue weighted by atomic mass is 35.5. The third kappa shape index (κ3) is 1.17. The summed E-state index contributed by atoms with van der Waals surface area (Å²) in [6.45, 7) is 0. The fraction of sp³-hybridized carbons (Fsp3) is 0.778. The molecule has 2 aliphatic rings. The average Bonchev–Trinajstić information content (AvgIpc) is 2.77. The summed E-state index contributed by atoms with van der Waals surface area (Å²) in [5.41, 5.74) is 0. The molecule has 2 saturated carbocycles. The van der Waals surface area contributed by atoms with Crippen molar-refractivity contribution in [2.75, 3.05) is 0 Å². The lowest BCUT2D eigenvalue weighted by atomic mass is 9.88. The second-order valence-electron chi connectivity index (χ2n) is 4.19. The van der Waals surface area contributed by atoms with Gasteiger partial charge in [0.25, 0.3) is 0 Å². The van der Waals surface area contributed by atoms with Crippen molar-refractivity contribution in [3.8, 4) is 0 Å². The maximum atomic E-state index is 5.60. The molecule has 3 nitrogen and oxygen atoms in total. The maximum absolute atomic E-state index is 5.60. The molecule has 0 amide bonds. The molecule has 1 aromatic heterocycles. The number of nitrogens with zero attached hydrogens (tertiary/aromatic N) is 2. The van der Waals surface area contributed by atoms with Gasteiger partial charge >= 0.3 is 5.35 Å². The molecule has 2 bridgehead atoms. The van der Waals surface area contributed by atoms with Crippen molar-refractivity contribution in [2.24, 2.45) is 11.8 Å². The molecule has 0 spiro atoms. The monoisotopic (exact) mass is 198 g/mol. The van der Waals surface area contributed by atoms with E-state index >= 15 is 0 Å². The van der Waals surface area contributed by atoms with Crippen molar-refractivity contribution < 1.29 is 4.52 Å². The molecule has 13 heavy (non-hydrogen) atoms. The summed E-state index contributed by atoms with van der Waals surface area (Å²) in [6, 6.07) is 0. The van der Waals surface area contributed by atoms with E-state index in [-0.39, 0.29) is 5.35 Å². The lowest BCUT2D eigenvalue weighted by molar-refractivity contribution is 0.369. The number of fused-ring (bicyclic) bond motifs is 2. The second-order valence-corrected chi connectivity index (χ2v) is 4.51. The van der Waals surface area contributed by atoms with Crippen molar-refractivity contribution in [3.63, 3.8) is 0 Å². The highest BCUT2D eigenvalue weighted by Crippen LogP contribution is 2.52. The van der Waals surface area contributed by atoms with Crippen LogP contribution in [-0.4, -0.2) is 10.1 Å². The molecule has 2 fully saturated rings. The Labute approximate surface area is 81.5 Å². The molecule has 2 aliphatic carbocycles. The summed E-state index contributed by atoms with van der Waals surface area (Å²) in [4.78, 5) is 4.10. The Kier molecular flexibility index (Phi) is 1.62. The van der Waals surface area contributed by atoms with Crippen LogP contribution in [0.25, 0.3) is 0 Å². The van der Waals surface area contributed by atoms with Gasteiger partial charge in [-0.2, -0.15) is 4.98 Å². The van der Waals surface area contributed by atoms with Crippen molar-refractivity contribution in [2.45, 2.75) is 31.6 Å². The average molecular weight is 199 g/mol. The molecule has 0 N–H and O–H groups in total. The van der Waals surface area contributed by atoms with Crippen molar-refractivity contribution >= 4 is 11.6 Å². The Hall–Kier alpha value is -0.570. The van der Waals surface area contributed by atoms with Gasteiger partial charge in [0.2, 0.25) is 0 Å². The Morgan fingerprint density at radius 1 is 1.31 bits per heavy atom. The fourth-order valence-corrected chi connectivity index (χ4v) is 3.05. The van der Waals surface area contributed by atoms with Crippen molar-refractivity contribution in [1.29, 1.82) is 0 Å². The van der Waals surface area contributed by atoms with Gasteiger partial charge in [-0.1, -0.05) is 11.6 Å². The van der Waals surface area contributed by atoms with Gasteiger partial charge in [0.1, 0.15) is 0 Å². The van der Waals surface area contributed by atoms with Crippen LogP contribution in [0.5, 0.6) is 0 Å². The molecular weight excluding hydrogens is 188 g/mol. The van der Waals surface area contributed by atoms with Gasteiger partial charge in [-0.3, -0.25) is 0 Å². The predicted octanol–water partition coefficient (Wildman–Crippen LogP) is 2.63. The van der Waals surface area contributed by atoms with E-state index in [0.717, 1.165) is 17.7 Å². The van der Waals surface area contributed by atoms with Crippen LogP contribution in [0.15, 0.2) is 4.52 Å². The predicted molar refractivity (Wildman–Crippen MR) is 47.5 cm³/mol. The number of hydrogen-bond donors (Lipinski definition) is 0. The van der Waals surface area contributed by atoms with Gasteiger partial charge in [-0.05, 0) is 42.7 Å². The third-order valence-electron chi connectivity index (χ3n) is 3.49. The van der Waals surface area contributed by atoms with E-state index in [2.05, 4.69) is 10.1 Å². The summed E-state index contributed by atoms with van der Waals surface area (Å²) < 4.78 is 4.79. The van der Waals surface area contributed by atoms with E-state index in [1.54, 1.807) is 0 Å². The Morgan fingerprint density at radius 2 is 2.23 bits per heavy atom. The van der Waals surface area contributed by atoms with Crippen LogP contribution in [0.3, 0.4) is 0 Å². The molecule has 3 atom stereocenters. The molecule has 1 aromatic rings. The quantitative estimate of drug-likeness (QED) is 0.697. The zero-order chi connectivity index (χ0) is 8.84. The molecule has 70 valence electrons. The molecule has 3 rings (SSSR count). The van der Waals surface area contributed by atoms with E-state index in [1.165, 1.54) is 25.7 Å². The summed E-state index contributed by atoms with van der Waals surface area (Å²) >= 11 is 5.60. The van der Waals surface area contributed by atoms with E-state index in [0.29, 0.717) is 5.92 Å². The smallest absolute Gasteiger partial charge is 0.320 e. The molecule has 0 saturated heterocycles. The maximum Gasteiger partial charge on any atom is 0.320 e. The molecule has 0 radical (unpaired) electrons. The highest BCUT2D eigenvalue weighted by Gasteiger charge is 2.42. The van der Waals surface area contributed by atoms with E-state index in [4.69, 9.17) is 16.1 Å². The summed E-state index contributed by atoms with van der Waals surface area (Å²) in [5.74, 6) is 3.05. The molecule has 4 heteroatoms. The number of halogens is 1. The summed E-state index contributed by atoms with van der Waals surface area (Å²) in [7, 11) is 0. The second kappa shape index (κ2) is 2.71. The van der Waals surface area contributed by atoms with Gasteiger partial charge in [-0.25, -0.2) is 0 Å². The van der Waals surface area contributed by atoms with Crippen LogP contribution in [0, 0.1) is 11.8 Å². The molecule has 0 aromatic carbocycles. The van der Waals surface area contributed by atoms with Gasteiger partial charge in [-0.15, -0.1) is 0 Å². The van der Waals surface area contributed by atoms with E-state index < -0.39 is 0 Å². The lowest BCUT2D eigenvalue weighted by Crippen LogP contribution is -2.09. The van der Waals surface area contributed by atoms with Crippen LogP contribution < -0.4 is 0 Å². The first-order valence-electron chi connectivity index (χ1n) is 4.82. The van der Waals surface area contributed by atoms with Crippen LogP contribution in [-0.2, 0) is 0 Å². The number of rotatable bonds is 1. The van der Waals surface area contributed by atoms with Gasteiger partial charge in [0.15, 0.2) is 5.82 Å². The van der Waals surface area contributed by atoms with Crippen LogP contribution >= 0.6 is 11.6 Å². The Morgan fingerprint density at radius 3 is 2.77 bits per heavy atom. The minimum atomic E-state index is 0.178. The molecule has 0 aliphatic heterocycles. The molecule has 1 heterocycles. The van der Waals surface area contributed by atoms with E-state index in [9.17, 15) is 0 Å². The number of hydrogen-bond acceptors (Lipinski definition) is 3. The van der Waals surface area contributed by atoms with E-state index in [1.807, 2.05) is 0 Å². The topological polar surface area (TPSA) is 38.9 Å². The van der Waals surface area contributed by atoms with Crippen molar-refractivity contribution in [3.05, 3.63) is 11.2 Å². The van der Waals surface area contributed by atoms with Gasteiger partial charge < -0.3 is 4.52 Å². The first-order valence-corrected chi connectivity index (χ1v) is 5.20. The zero-order valence-electron chi connectivity index (χ0n) is 7.24. The Balaban J connectivity index is 1.87. The highest BCUT2D eigenvalue weighted by molar-refractivity contribution is 6.27. The summed E-state index contributed by atoms with van der Waals surface area (Å²) in [5, 5.41) is 4.08. The fourth-order valence-electron chi connectivity index (χ4n) is 2.93. The largest absolute Gasteiger partial charge is 0.321 e. The first-order chi connectivity index (χ1) is 6.33. The number of aromatic nitrogens is 2. The third-order valence-corrected chi connectivity index (χ3v) is 3.64. The normalized spacial score (nSPS) is 37.2. The van der Waals surface area contributed by atoms with Gasteiger partial charge in [0, 0.05) is 5.92 Å². The van der Waals surface area contributed by atoms with Crippen LogP contribution in [0.4, 0.5) is 0 Å². The molecule has 3 unspecified atom stereocenters. The van der Waals surface area contributed by atoms with Gasteiger partial charge in [0.05, 0.1) is 0 Å². The summed E-state index contributed by atoms with van der Waals surface area (Å²) in [6.07, 6.45) is 5.32. The zero-order valence-corrected chi connectivity index (χ0v) is 8.00. The van der Waals surface area contributed by atoms with Crippen molar-refractivity contribution in [1.82, 2.24) is 10.1 Å². The lowest BCUT2D eigenvalue weighted by Gasteiger charge is -2.17. The minimum absolute atomic E-state index is 0.178.